The van der Waals surface area contributed by atoms with Gasteiger partial charge in [0.1, 0.15) is 0 Å². The summed E-state index contributed by atoms with van der Waals surface area (Å²) < 4.78 is 5.10. The lowest BCUT2D eigenvalue weighted by atomic mass is 9.96. The topological polar surface area (TPSA) is 46.6 Å². The van der Waals surface area contributed by atoms with Crippen LogP contribution in [-0.4, -0.2) is 36.5 Å². The molecule has 1 aromatic carbocycles. The molecule has 5 heteroatoms. The van der Waals surface area contributed by atoms with E-state index in [2.05, 4.69) is 31.2 Å². The molecule has 4 nitrogen and oxygen atoms in total. The molecule has 0 spiro atoms. The summed E-state index contributed by atoms with van der Waals surface area (Å²) in [6.07, 6.45) is 1.35. The minimum atomic E-state index is -0.133. The second kappa shape index (κ2) is 7.83. The molecule has 2 aromatic rings. The molecule has 2 heterocycles. The van der Waals surface area contributed by atoms with Crippen molar-refractivity contribution >= 4 is 23.2 Å². The van der Waals surface area contributed by atoms with Crippen molar-refractivity contribution in [3.05, 3.63) is 46.2 Å². The highest BCUT2D eigenvalue weighted by Gasteiger charge is 2.30. The van der Waals surface area contributed by atoms with Gasteiger partial charge in [0.15, 0.2) is 0 Å². The number of hydrogen-bond donors (Lipinski definition) is 0. The van der Waals surface area contributed by atoms with Gasteiger partial charge in [-0.25, -0.2) is 0 Å². The van der Waals surface area contributed by atoms with Crippen molar-refractivity contribution in [3.63, 3.8) is 0 Å². The molecule has 0 aliphatic carbocycles. The minimum absolute atomic E-state index is 0.0629. The second-order valence-electron chi connectivity index (χ2n) is 6.35. The average Bonchev–Trinajstić information content (AvgIpc) is 3.12. The highest BCUT2D eigenvalue weighted by atomic mass is 32.1. The minimum Gasteiger partial charge on any atom is -0.466 e. The Balaban J connectivity index is 1.70. The number of benzene rings is 1. The highest BCUT2D eigenvalue weighted by Crippen LogP contribution is 2.31. The van der Waals surface area contributed by atoms with Crippen molar-refractivity contribution in [1.29, 1.82) is 0 Å². The van der Waals surface area contributed by atoms with Crippen LogP contribution in [0.4, 0.5) is 0 Å². The normalized spacial score (nSPS) is 15.2. The first-order chi connectivity index (χ1) is 12.1. The van der Waals surface area contributed by atoms with Crippen LogP contribution in [0.25, 0.3) is 11.1 Å². The summed E-state index contributed by atoms with van der Waals surface area (Å²) in [5, 5.41) is 1.97. The molecular weight excluding hydrogens is 334 g/mol. The van der Waals surface area contributed by atoms with E-state index in [9.17, 15) is 9.59 Å². The fraction of sp³-hybridized carbons (Fsp3) is 0.400. The maximum Gasteiger partial charge on any atom is 0.309 e. The predicted molar refractivity (Wildman–Crippen MR) is 99.8 cm³/mol. The SMILES string of the molecule is CCOC(=O)C1CCN(C(=O)c2sccc2-c2ccc(C)cc2)CC1. The van der Waals surface area contributed by atoms with E-state index in [1.54, 1.807) is 0 Å². The number of carbonyl (C=O) groups excluding carboxylic acids is 2. The Kier molecular flexibility index (Phi) is 5.53. The Morgan fingerprint density at radius 3 is 2.48 bits per heavy atom. The lowest BCUT2D eigenvalue weighted by molar-refractivity contribution is -0.149. The predicted octanol–water partition coefficient (Wildman–Crippen LogP) is 4.14. The number of carbonyl (C=O) groups is 2. The molecule has 1 amide bonds. The summed E-state index contributed by atoms with van der Waals surface area (Å²) in [5.74, 6) is -0.150. The molecule has 0 N–H and O–H groups in total. The summed E-state index contributed by atoms with van der Waals surface area (Å²) in [7, 11) is 0. The van der Waals surface area contributed by atoms with E-state index in [4.69, 9.17) is 4.74 Å². The van der Waals surface area contributed by atoms with Crippen LogP contribution in [0.5, 0.6) is 0 Å². The molecule has 3 rings (SSSR count). The van der Waals surface area contributed by atoms with Crippen molar-refractivity contribution in [1.82, 2.24) is 4.90 Å². The Hall–Kier alpha value is -2.14. The van der Waals surface area contributed by atoms with Crippen molar-refractivity contribution in [2.24, 2.45) is 5.92 Å². The zero-order valence-electron chi connectivity index (χ0n) is 14.7. The average molecular weight is 357 g/mol. The molecule has 0 atom stereocenters. The van der Waals surface area contributed by atoms with Crippen molar-refractivity contribution < 1.29 is 14.3 Å². The van der Waals surface area contributed by atoms with Crippen LogP contribution in [0, 0.1) is 12.8 Å². The number of rotatable bonds is 4. The highest BCUT2D eigenvalue weighted by molar-refractivity contribution is 7.12. The third-order valence-electron chi connectivity index (χ3n) is 4.62. The van der Waals surface area contributed by atoms with Gasteiger partial charge < -0.3 is 9.64 Å². The first kappa shape index (κ1) is 17.7. The quantitative estimate of drug-likeness (QED) is 0.773. The monoisotopic (exact) mass is 357 g/mol. The van der Waals surface area contributed by atoms with Gasteiger partial charge in [-0.3, -0.25) is 9.59 Å². The van der Waals surface area contributed by atoms with Crippen molar-refractivity contribution in [2.45, 2.75) is 26.7 Å². The van der Waals surface area contributed by atoms with Crippen LogP contribution in [-0.2, 0) is 9.53 Å². The lowest BCUT2D eigenvalue weighted by Gasteiger charge is -2.30. The molecule has 1 aliphatic rings. The molecule has 1 aliphatic heterocycles. The summed E-state index contributed by atoms with van der Waals surface area (Å²) in [5.41, 5.74) is 3.26. The zero-order chi connectivity index (χ0) is 17.8. The standard InChI is InChI=1S/C20H23NO3S/c1-3-24-20(23)16-8-11-21(12-9-16)19(22)18-17(10-13-25-18)15-6-4-14(2)5-7-15/h4-7,10,13,16H,3,8-9,11-12H2,1-2H3. The van der Waals surface area contributed by atoms with Gasteiger partial charge in [-0.2, -0.15) is 0 Å². The Morgan fingerprint density at radius 2 is 1.84 bits per heavy atom. The van der Waals surface area contributed by atoms with Crippen LogP contribution < -0.4 is 0 Å². The lowest BCUT2D eigenvalue weighted by Crippen LogP contribution is -2.40. The fourth-order valence-electron chi connectivity index (χ4n) is 3.16. The number of piperidine rings is 1. The summed E-state index contributed by atoms with van der Waals surface area (Å²) in [6.45, 7) is 5.49. The molecule has 1 fully saturated rings. The van der Waals surface area contributed by atoms with E-state index < -0.39 is 0 Å². The molecule has 0 radical (unpaired) electrons. The molecule has 25 heavy (non-hydrogen) atoms. The van der Waals surface area contributed by atoms with E-state index in [1.165, 1.54) is 16.9 Å². The fourth-order valence-corrected chi connectivity index (χ4v) is 4.04. The van der Waals surface area contributed by atoms with Gasteiger partial charge in [0.25, 0.3) is 5.91 Å². The second-order valence-corrected chi connectivity index (χ2v) is 7.26. The first-order valence-corrected chi connectivity index (χ1v) is 9.58. The van der Waals surface area contributed by atoms with E-state index in [0.29, 0.717) is 32.5 Å². The van der Waals surface area contributed by atoms with Crippen LogP contribution >= 0.6 is 11.3 Å². The Bertz CT molecular complexity index is 743. The largest absolute Gasteiger partial charge is 0.466 e. The summed E-state index contributed by atoms with van der Waals surface area (Å²) >= 11 is 1.48. The number of likely N-dealkylation sites (tertiary alicyclic amines) is 1. The van der Waals surface area contributed by atoms with Gasteiger partial charge in [-0.15, -0.1) is 11.3 Å². The molecular formula is C20H23NO3S. The van der Waals surface area contributed by atoms with Crippen LogP contribution in [0.15, 0.2) is 35.7 Å². The zero-order valence-corrected chi connectivity index (χ0v) is 15.5. The van der Waals surface area contributed by atoms with Crippen LogP contribution in [0.3, 0.4) is 0 Å². The van der Waals surface area contributed by atoms with E-state index in [0.717, 1.165) is 16.0 Å². The van der Waals surface area contributed by atoms with Gasteiger partial charge in [0.2, 0.25) is 0 Å². The van der Waals surface area contributed by atoms with Crippen LogP contribution in [0.1, 0.15) is 35.0 Å². The summed E-state index contributed by atoms with van der Waals surface area (Å²) in [6, 6.07) is 10.2. The van der Waals surface area contributed by atoms with Crippen molar-refractivity contribution in [2.75, 3.05) is 19.7 Å². The third-order valence-corrected chi connectivity index (χ3v) is 5.53. The Morgan fingerprint density at radius 1 is 1.16 bits per heavy atom. The number of thiophene rings is 1. The number of nitrogens with zero attached hydrogens (tertiary/aromatic N) is 1. The number of amides is 1. The molecule has 132 valence electrons. The molecule has 1 saturated heterocycles. The number of aryl methyl sites for hydroxylation is 1. The maximum atomic E-state index is 12.9. The number of hydrogen-bond acceptors (Lipinski definition) is 4. The maximum absolute atomic E-state index is 12.9. The number of esters is 1. The smallest absolute Gasteiger partial charge is 0.309 e. The molecule has 0 unspecified atom stereocenters. The van der Waals surface area contributed by atoms with E-state index >= 15 is 0 Å². The van der Waals surface area contributed by atoms with Gasteiger partial charge >= 0.3 is 5.97 Å². The number of ether oxygens (including phenoxy) is 1. The molecule has 0 saturated carbocycles. The Labute approximate surface area is 152 Å². The molecule has 1 aromatic heterocycles. The third kappa shape index (κ3) is 3.93. The van der Waals surface area contributed by atoms with Crippen LogP contribution in [0.2, 0.25) is 0 Å². The first-order valence-electron chi connectivity index (χ1n) is 8.70. The van der Waals surface area contributed by atoms with Crippen molar-refractivity contribution in [3.8, 4) is 11.1 Å². The van der Waals surface area contributed by atoms with Gasteiger partial charge in [0.05, 0.1) is 17.4 Å². The van der Waals surface area contributed by atoms with Gasteiger partial charge in [-0.1, -0.05) is 29.8 Å². The van der Waals surface area contributed by atoms with Gasteiger partial charge in [-0.05, 0) is 43.7 Å². The summed E-state index contributed by atoms with van der Waals surface area (Å²) in [4.78, 5) is 27.4. The van der Waals surface area contributed by atoms with E-state index in [1.807, 2.05) is 23.3 Å². The molecule has 0 bridgehead atoms. The van der Waals surface area contributed by atoms with E-state index in [-0.39, 0.29) is 17.8 Å². The van der Waals surface area contributed by atoms with Gasteiger partial charge in [0, 0.05) is 18.7 Å².